The van der Waals surface area contributed by atoms with Crippen molar-refractivity contribution in [1.29, 1.82) is 0 Å². The summed E-state index contributed by atoms with van der Waals surface area (Å²) >= 11 is 0. The van der Waals surface area contributed by atoms with E-state index < -0.39 is 26.6 Å². The second-order valence-corrected chi connectivity index (χ2v) is 5.97. The first-order valence-electron chi connectivity index (χ1n) is 5.92. The van der Waals surface area contributed by atoms with Gasteiger partial charge in [0.1, 0.15) is 4.90 Å². The zero-order chi connectivity index (χ0) is 15.2. The lowest BCUT2D eigenvalue weighted by Gasteiger charge is -2.19. The van der Waals surface area contributed by atoms with E-state index in [1.165, 1.54) is 30.3 Å². The standard InChI is InChI=1S/C14H9NO5S/c15-20-21(18,19)11-7-3-6-10-12(11)14(17)9-5-2-1-4-8(9)13(10)16/h1-7H,15H2. The maximum atomic E-state index is 12.5. The fourth-order valence-corrected chi connectivity index (χ4v) is 3.18. The average molecular weight is 303 g/mol. The van der Waals surface area contributed by atoms with Gasteiger partial charge in [-0.25, -0.2) is 0 Å². The van der Waals surface area contributed by atoms with E-state index in [0.29, 0.717) is 0 Å². The molecular formula is C14H9NO5S. The lowest BCUT2D eigenvalue weighted by molar-refractivity contribution is 0.0976. The molecule has 6 nitrogen and oxygen atoms in total. The third-order valence-electron chi connectivity index (χ3n) is 3.31. The first-order chi connectivity index (χ1) is 9.97. The van der Waals surface area contributed by atoms with Crippen LogP contribution < -0.4 is 5.90 Å². The number of ketones is 2. The Kier molecular flexibility index (Phi) is 2.98. The minimum Gasteiger partial charge on any atom is -0.289 e. The van der Waals surface area contributed by atoms with Gasteiger partial charge in [0.25, 0.3) is 0 Å². The Hall–Kier alpha value is -2.35. The number of hydrogen-bond donors (Lipinski definition) is 1. The average Bonchev–Trinajstić information content (AvgIpc) is 2.52. The molecule has 0 saturated carbocycles. The van der Waals surface area contributed by atoms with Crippen molar-refractivity contribution in [2.45, 2.75) is 4.90 Å². The molecule has 0 atom stereocenters. The van der Waals surface area contributed by atoms with Gasteiger partial charge in [0.05, 0.1) is 5.56 Å². The molecule has 3 rings (SSSR count). The number of carbonyl (C=O) groups is 2. The summed E-state index contributed by atoms with van der Waals surface area (Å²) in [5, 5.41) is 0. The molecule has 21 heavy (non-hydrogen) atoms. The zero-order valence-electron chi connectivity index (χ0n) is 10.6. The van der Waals surface area contributed by atoms with Crippen LogP contribution >= 0.6 is 0 Å². The number of hydrogen-bond acceptors (Lipinski definition) is 6. The summed E-state index contributed by atoms with van der Waals surface area (Å²) in [7, 11) is -4.29. The molecule has 1 aliphatic carbocycles. The molecule has 0 aliphatic heterocycles. The molecule has 2 N–H and O–H groups in total. The number of benzene rings is 2. The van der Waals surface area contributed by atoms with Crippen LogP contribution in [0.15, 0.2) is 47.4 Å². The van der Waals surface area contributed by atoms with Crippen molar-refractivity contribution >= 4 is 21.7 Å². The third kappa shape index (κ3) is 1.90. The van der Waals surface area contributed by atoms with E-state index in [4.69, 9.17) is 5.90 Å². The normalized spacial score (nSPS) is 13.8. The molecule has 0 fully saturated rings. The lowest BCUT2D eigenvalue weighted by Crippen LogP contribution is -2.24. The van der Waals surface area contributed by atoms with Crippen molar-refractivity contribution in [3.05, 3.63) is 64.7 Å². The van der Waals surface area contributed by atoms with Gasteiger partial charge >= 0.3 is 10.1 Å². The molecule has 7 heteroatoms. The van der Waals surface area contributed by atoms with Gasteiger partial charge < -0.3 is 0 Å². The Morgan fingerprint density at radius 2 is 1.38 bits per heavy atom. The summed E-state index contributed by atoms with van der Waals surface area (Å²) in [5.41, 5.74) is 0.233. The van der Waals surface area contributed by atoms with Crippen LogP contribution in [0.1, 0.15) is 31.8 Å². The van der Waals surface area contributed by atoms with Crippen LogP contribution in [0.2, 0.25) is 0 Å². The largest absolute Gasteiger partial charge is 0.313 e. The summed E-state index contributed by atoms with van der Waals surface area (Å²) in [6.45, 7) is 0. The molecule has 2 aromatic carbocycles. The Balaban J connectivity index is 2.37. The molecular weight excluding hydrogens is 294 g/mol. The van der Waals surface area contributed by atoms with Gasteiger partial charge in [0.15, 0.2) is 11.6 Å². The van der Waals surface area contributed by atoms with Gasteiger partial charge in [-0.3, -0.25) is 9.59 Å². The highest BCUT2D eigenvalue weighted by Crippen LogP contribution is 2.31. The highest BCUT2D eigenvalue weighted by molar-refractivity contribution is 7.86. The van der Waals surface area contributed by atoms with E-state index in [1.807, 2.05) is 0 Å². The summed E-state index contributed by atoms with van der Waals surface area (Å²) in [5.74, 6) is 3.81. The van der Waals surface area contributed by atoms with E-state index in [9.17, 15) is 18.0 Å². The van der Waals surface area contributed by atoms with Crippen LogP contribution in [0.3, 0.4) is 0 Å². The molecule has 0 unspecified atom stereocenters. The highest BCUT2D eigenvalue weighted by atomic mass is 32.2. The maximum absolute atomic E-state index is 12.5. The molecule has 106 valence electrons. The van der Waals surface area contributed by atoms with Gasteiger partial charge in [-0.15, -0.1) is 0 Å². The van der Waals surface area contributed by atoms with E-state index in [0.717, 1.165) is 0 Å². The molecule has 0 amide bonds. The summed E-state index contributed by atoms with van der Waals surface area (Å²) in [4.78, 5) is 24.5. The van der Waals surface area contributed by atoms with Crippen molar-refractivity contribution in [3.63, 3.8) is 0 Å². The van der Waals surface area contributed by atoms with Crippen molar-refractivity contribution in [1.82, 2.24) is 0 Å². The van der Waals surface area contributed by atoms with Crippen molar-refractivity contribution in [2.24, 2.45) is 5.90 Å². The van der Waals surface area contributed by atoms with Crippen LogP contribution in [0.4, 0.5) is 0 Å². The molecule has 0 aromatic heterocycles. The number of nitrogens with two attached hydrogens (primary N) is 1. The number of carbonyl (C=O) groups excluding carboxylic acids is 2. The smallest absolute Gasteiger partial charge is 0.289 e. The van der Waals surface area contributed by atoms with Crippen LogP contribution in [0.5, 0.6) is 0 Å². The monoisotopic (exact) mass is 303 g/mol. The Bertz CT molecular complexity index is 886. The summed E-state index contributed by atoms with van der Waals surface area (Å²) in [6.07, 6.45) is 0. The minimum absolute atomic E-state index is 0.0248. The van der Waals surface area contributed by atoms with E-state index >= 15 is 0 Å². The second-order valence-electron chi connectivity index (χ2n) is 4.43. The Labute approximate surface area is 120 Å². The van der Waals surface area contributed by atoms with E-state index in [-0.39, 0.29) is 22.3 Å². The third-order valence-corrected chi connectivity index (χ3v) is 4.44. The van der Waals surface area contributed by atoms with Gasteiger partial charge in [0.2, 0.25) is 0 Å². The molecule has 0 bridgehead atoms. The summed E-state index contributed by atoms with van der Waals surface area (Å²) in [6, 6.07) is 10.2. The SMILES string of the molecule is NOS(=O)(=O)c1cccc2c1C(=O)c1ccccc1C2=O. The molecule has 0 heterocycles. The van der Waals surface area contributed by atoms with Gasteiger partial charge in [-0.2, -0.15) is 18.6 Å². The fraction of sp³-hybridized carbons (Fsp3) is 0. The van der Waals surface area contributed by atoms with E-state index in [2.05, 4.69) is 4.28 Å². The molecule has 0 saturated heterocycles. The molecule has 0 spiro atoms. The summed E-state index contributed by atoms with van der Waals surface area (Å²) < 4.78 is 27.6. The molecule has 1 aliphatic rings. The van der Waals surface area contributed by atoms with Crippen molar-refractivity contribution < 1.29 is 22.3 Å². The van der Waals surface area contributed by atoms with Crippen LogP contribution in [0, 0.1) is 0 Å². The maximum Gasteiger partial charge on any atom is 0.313 e. The van der Waals surface area contributed by atoms with Crippen molar-refractivity contribution in [3.8, 4) is 0 Å². The number of fused-ring (bicyclic) bond motifs is 2. The van der Waals surface area contributed by atoms with Crippen molar-refractivity contribution in [2.75, 3.05) is 0 Å². The molecule has 2 aromatic rings. The van der Waals surface area contributed by atoms with Crippen LogP contribution in [-0.2, 0) is 14.4 Å². The predicted molar refractivity (Wildman–Crippen MR) is 72.2 cm³/mol. The zero-order valence-corrected chi connectivity index (χ0v) is 11.4. The lowest BCUT2D eigenvalue weighted by atomic mass is 9.84. The molecule has 0 radical (unpaired) electrons. The Morgan fingerprint density at radius 3 is 2.00 bits per heavy atom. The van der Waals surface area contributed by atoms with Crippen LogP contribution in [-0.4, -0.2) is 20.0 Å². The quantitative estimate of drug-likeness (QED) is 0.709. The minimum atomic E-state index is -4.29. The number of rotatable bonds is 2. The van der Waals surface area contributed by atoms with Crippen LogP contribution in [0.25, 0.3) is 0 Å². The topological polar surface area (TPSA) is 104 Å². The highest BCUT2D eigenvalue weighted by Gasteiger charge is 2.34. The van der Waals surface area contributed by atoms with E-state index in [1.54, 1.807) is 12.1 Å². The predicted octanol–water partition coefficient (Wildman–Crippen LogP) is 1.04. The van der Waals surface area contributed by atoms with Gasteiger partial charge in [-0.05, 0) is 6.07 Å². The Morgan fingerprint density at radius 1 is 0.810 bits per heavy atom. The second kappa shape index (κ2) is 4.59. The van der Waals surface area contributed by atoms with Gasteiger partial charge in [-0.1, -0.05) is 36.4 Å². The fourth-order valence-electron chi connectivity index (χ4n) is 2.37. The first-order valence-corrected chi connectivity index (χ1v) is 7.33. The van der Waals surface area contributed by atoms with Gasteiger partial charge in [0, 0.05) is 16.7 Å². The first kappa shape index (κ1) is 13.6.